The predicted octanol–water partition coefficient (Wildman–Crippen LogP) is 0.795. The molecule has 1 aromatic rings. The average Bonchev–Trinajstić information content (AvgIpc) is 2.53. The zero-order valence-electron chi connectivity index (χ0n) is 6.21. The number of rotatable bonds is 1. The van der Waals surface area contributed by atoms with Gasteiger partial charge < -0.3 is 0 Å². The molecule has 5 nitrogen and oxygen atoms in total. The third-order valence-electron chi connectivity index (χ3n) is 1.46. The van der Waals surface area contributed by atoms with E-state index in [1.165, 1.54) is 5.01 Å². The summed E-state index contributed by atoms with van der Waals surface area (Å²) in [7, 11) is 0. The van der Waals surface area contributed by atoms with Gasteiger partial charge in [-0.2, -0.15) is 10.1 Å². The Balaban J connectivity index is 2.31. The highest BCUT2D eigenvalue weighted by Crippen LogP contribution is 2.13. The van der Waals surface area contributed by atoms with E-state index in [1.807, 2.05) is 0 Å². The normalized spacial score (nSPS) is 15.7. The minimum absolute atomic E-state index is 0.122. The molecule has 0 unspecified atom stereocenters. The van der Waals surface area contributed by atoms with Gasteiger partial charge in [0.05, 0.1) is 0 Å². The van der Waals surface area contributed by atoms with Crippen molar-refractivity contribution in [3.63, 3.8) is 0 Å². The molecule has 12 heavy (non-hydrogen) atoms. The summed E-state index contributed by atoms with van der Waals surface area (Å²) < 4.78 is 0. The number of nitrogens with zero attached hydrogens (tertiary/aromatic N) is 4. The molecule has 0 atom stereocenters. The monoisotopic (exact) mass is 162 g/mol. The fourth-order valence-corrected chi connectivity index (χ4v) is 0.925. The van der Waals surface area contributed by atoms with E-state index in [0.29, 0.717) is 5.82 Å². The van der Waals surface area contributed by atoms with Gasteiger partial charge in [0.15, 0.2) is 5.82 Å². The van der Waals surface area contributed by atoms with Crippen LogP contribution in [0, 0.1) is 0 Å². The molecule has 0 bridgehead atoms. The zero-order valence-corrected chi connectivity index (χ0v) is 6.21. The van der Waals surface area contributed by atoms with Crippen molar-refractivity contribution in [1.29, 1.82) is 0 Å². The van der Waals surface area contributed by atoms with Crippen LogP contribution in [0.5, 0.6) is 0 Å². The third kappa shape index (κ3) is 1.05. The summed E-state index contributed by atoms with van der Waals surface area (Å²) in [6.07, 6.45) is 1.61. The van der Waals surface area contributed by atoms with Gasteiger partial charge in [0.25, 0.3) is 5.91 Å². The van der Waals surface area contributed by atoms with E-state index in [0.717, 1.165) is 0 Å². The fourth-order valence-electron chi connectivity index (χ4n) is 0.925. The highest BCUT2D eigenvalue weighted by atomic mass is 16.2. The van der Waals surface area contributed by atoms with Crippen LogP contribution in [0.4, 0.5) is 5.82 Å². The van der Waals surface area contributed by atoms with Crippen molar-refractivity contribution in [2.45, 2.75) is 0 Å². The number of hydrogen-bond acceptors (Lipinski definition) is 4. The van der Waals surface area contributed by atoms with Crippen LogP contribution in [0.2, 0.25) is 0 Å². The number of hydrogen-bond donors (Lipinski definition) is 0. The molecule has 1 aliphatic heterocycles. The molecule has 1 aliphatic rings. The zero-order chi connectivity index (χ0) is 8.39. The Morgan fingerprint density at radius 1 is 1.42 bits per heavy atom. The number of carbonyl (C=O) groups is 1. The molecular formula is C7H6N4O. The van der Waals surface area contributed by atoms with Crippen molar-refractivity contribution < 1.29 is 4.79 Å². The van der Waals surface area contributed by atoms with E-state index in [1.54, 1.807) is 24.4 Å². The van der Waals surface area contributed by atoms with E-state index in [2.05, 4.69) is 15.3 Å². The molecule has 0 spiro atoms. The lowest BCUT2D eigenvalue weighted by Gasteiger charge is -2.06. The molecule has 2 rings (SSSR count). The molecule has 0 fully saturated rings. The second-order valence-electron chi connectivity index (χ2n) is 2.28. The lowest BCUT2D eigenvalue weighted by Crippen LogP contribution is -2.22. The summed E-state index contributed by atoms with van der Waals surface area (Å²) in [6, 6.07) is 5.28. The summed E-state index contributed by atoms with van der Waals surface area (Å²) >= 11 is 0. The number of carbonyl (C=O) groups excluding carboxylic acids is 1. The Morgan fingerprint density at radius 3 is 2.92 bits per heavy atom. The molecule has 0 N–H and O–H groups in total. The minimum Gasteiger partial charge on any atom is -0.270 e. The SMILES string of the molecule is O=C1CN=NN1c1ccccn1. The van der Waals surface area contributed by atoms with Crippen molar-refractivity contribution in [3.05, 3.63) is 24.4 Å². The van der Waals surface area contributed by atoms with Gasteiger partial charge in [0.1, 0.15) is 6.54 Å². The average molecular weight is 162 g/mol. The Bertz CT molecular complexity index is 321. The van der Waals surface area contributed by atoms with Crippen molar-refractivity contribution in [1.82, 2.24) is 4.98 Å². The number of aromatic nitrogens is 1. The van der Waals surface area contributed by atoms with Gasteiger partial charge in [-0.15, -0.1) is 0 Å². The first kappa shape index (κ1) is 6.90. The van der Waals surface area contributed by atoms with Crippen molar-refractivity contribution >= 4 is 11.7 Å². The Hall–Kier alpha value is -1.78. The van der Waals surface area contributed by atoms with Gasteiger partial charge in [-0.1, -0.05) is 11.3 Å². The predicted molar refractivity (Wildman–Crippen MR) is 41.4 cm³/mol. The molecule has 2 heterocycles. The van der Waals surface area contributed by atoms with Crippen LogP contribution >= 0.6 is 0 Å². The molecule has 0 radical (unpaired) electrons. The standard InChI is InChI=1S/C7H6N4O/c12-7-5-9-10-11(7)6-3-1-2-4-8-6/h1-4H,5H2. The highest BCUT2D eigenvalue weighted by molar-refractivity contribution is 5.94. The Morgan fingerprint density at radius 2 is 2.33 bits per heavy atom. The lowest BCUT2D eigenvalue weighted by atomic mass is 10.4. The maximum atomic E-state index is 11.1. The molecule has 5 heteroatoms. The second-order valence-corrected chi connectivity index (χ2v) is 2.28. The molecule has 60 valence electrons. The first-order valence-electron chi connectivity index (χ1n) is 3.49. The lowest BCUT2D eigenvalue weighted by molar-refractivity contribution is -0.116. The Labute approximate surface area is 68.7 Å². The molecule has 1 aromatic heterocycles. The van der Waals surface area contributed by atoms with Crippen LogP contribution < -0.4 is 5.01 Å². The van der Waals surface area contributed by atoms with Crippen LogP contribution in [-0.4, -0.2) is 17.4 Å². The fraction of sp³-hybridized carbons (Fsp3) is 0.143. The molecular weight excluding hydrogens is 156 g/mol. The van der Waals surface area contributed by atoms with Crippen molar-refractivity contribution in [3.8, 4) is 0 Å². The molecule has 1 amide bonds. The van der Waals surface area contributed by atoms with E-state index in [4.69, 9.17) is 0 Å². The molecule has 0 saturated carbocycles. The van der Waals surface area contributed by atoms with Crippen LogP contribution in [0.15, 0.2) is 34.7 Å². The first-order chi connectivity index (χ1) is 5.88. The summed E-state index contributed by atoms with van der Waals surface area (Å²) in [5, 5.41) is 8.41. The third-order valence-corrected chi connectivity index (χ3v) is 1.46. The minimum atomic E-state index is -0.145. The largest absolute Gasteiger partial charge is 0.273 e. The molecule has 0 aliphatic carbocycles. The van der Waals surface area contributed by atoms with E-state index >= 15 is 0 Å². The van der Waals surface area contributed by atoms with Gasteiger partial charge in [-0.05, 0) is 12.1 Å². The topological polar surface area (TPSA) is 57.9 Å². The number of amides is 1. The maximum Gasteiger partial charge on any atom is 0.273 e. The van der Waals surface area contributed by atoms with Crippen LogP contribution in [0.25, 0.3) is 0 Å². The van der Waals surface area contributed by atoms with Gasteiger partial charge in [0, 0.05) is 6.20 Å². The van der Waals surface area contributed by atoms with Gasteiger partial charge in [0.2, 0.25) is 0 Å². The summed E-state index contributed by atoms with van der Waals surface area (Å²) in [4.78, 5) is 15.0. The molecule has 0 saturated heterocycles. The van der Waals surface area contributed by atoms with Crippen LogP contribution in [-0.2, 0) is 4.79 Å². The maximum absolute atomic E-state index is 11.1. The van der Waals surface area contributed by atoms with Crippen LogP contribution in [0.1, 0.15) is 0 Å². The first-order valence-corrected chi connectivity index (χ1v) is 3.49. The number of pyridine rings is 1. The van der Waals surface area contributed by atoms with Crippen molar-refractivity contribution in [2.24, 2.45) is 10.3 Å². The Kier molecular flexibility index (Phi) is 1.55. The molecule has 0 aromatic carbocycles. The smallest absolute Gasteiger partial charge is 0.270 e. The van der Waals surface area contributed by atoms with Gasteiger partial charge in [-0.3, -0.25) is 4.79 Å². The van der Waals surface area contributed by atoms with E-state index in [9.17, 15) is 4.79 Å². The summed E-state index contributed by atoms with van der Waals surface area (Å²) in [5.41, 5.74) is 0. The quantitative estimate of drug-likeness (QED) is 0.613. The van der Waals surface area contributed by atoms with Crippen LogP contribution in [0.3, 0.4) is 0 Å². The van der Waals surface area contributed by atoms with Gasteiger partial charge >= 0.3 is 0 Å². The van der Waals surface area contributed by atoms with Gasteiger partial charge in [-0.25, -0.2) is 4.98 Å². The van der Waals surface area contributed by atoms with E-state index in [-0.39, 0.29) is 12.5 Å². The number of anilines is 1. The van der Waals surface area contributed by atoms with E-state index < -0.39 is 0 Å². The summed E-state index contributed by atoms with van der Waals surface area (Å²) in [6.45, 7) is 0.122. The summed E-state index contributed by atoms with van der Waals surface area (Å²) in [5.74, 6) is 0.373. The second kappa shape index (κ2) is 2.69. The highest BCUT2D eigenvalue weighted by Gasteiger charge is 2.20. The van der Waals surface area contributed by atoms with Crippen molar-refractivity contribution in [2.75, 3.05) is 11.6 Å².